The average molecular weight is 341 g/mol. The number of rotatable bonds is 4. The van der Waals surface area contributed by atoms with E-state index in [-0.39, 0.29) is 5.41 Å². The number of ether oxygens (including phenoxy) is 1. The first-order valence-corrected chi connectivity index (χ1v) is 8.26. The molecule has 4 heteroatoms. The summed E-state index contributed by atoms with van der Waals surface area (Å²) in [6.45, 7) is 4.35. The van der Waals surface area contributed by atoms with Crippen LogP contribution in [0.5, 0.6) is 5.75 Å². The van der Waals surface area contributed by atoms with Gasteiger partial charge in [-0.15, -0.1) is 0 Å². The zero-order valence-corrected chi connectivity index (χ0v) is 15.1. The Bertz CT molecular complexity index is 838. The minimum Gasteiger partial charge on any atom is -0.497 e. The summed E-state index contributed by atoms with van der Waals surface area (Å²) in [5, 5.41) is 3.80. The first-order chi connectivity index (χ1) is 11.5. The highest BCUT2D eigenvalue weighted by molar-refractivity contribution is 6.32. The van der Waals surface area contributed by atoms with Crippen LogP contribution < -0.4 is 10.1 Å². The number of halogens is 1. The van der Waals surface area contributed by atoms with Crippen molar-refractivity contribution in [2.45, 2.75) is 19.3 Å². The molecule has 124 valence electrons. The minimum absolute atomic E-state index is 0.169. The molecule has 1 aliphatic heterocycles. The van der Waals surface area contributed by atoms with Gasteiger partial charge in [0.05, 0.1) is 18.5 Å². The highest BCUT2D eigenvalue weighted by Gasteiger charge is 2.33. The van der Waals surface area contributed by atoms with Crippen LogP contribution in [0.4, 0.5) is 11.4 Å². The average Bonchev–Trinajstić information content (AvgIpc) is 2.83. The molecule has 1 aliphatic rings. The highest BCUT2D eigenvalue weighted by Crippen LogP contribution is 2.42. The van der Waals surface area contributed by atoms with E-state index in [1.807, 2.05) is 49.5 Å². The lowest BCUT2D eigenvalue weighted by Gasteiger charge is -2.20. The van der Waals surface area contributed by atoms with Crippen LogP contribution in [0.3, 0.4) is 0 Å². The van der Waals surface area contributed by atoms with Gasteiger partial charge in [-0.05, 0) is 47.5 Å². The summed E-state index contributed by atoms with van der Waals surface area (Å²) in [6, 6.07) is 11.9. The van der Waals surface area contributed by atoms with Crippen LogP contribution >= 0.6 is 11.6 Å². The maximum Gasteiger partial charge on any atom is 0.119 e. The van der Waals surface area contributed by atoms with Crippen molar-refractivity contribution in [1.82, 2.24) is 0 Å². The lowest BCUT2D eigenvalue weighted by Crippen LogP contribution is -2.23. The molecule has 3 rings (SSSR count). The van der Waals surface area contributed by atoms with Gasteiger partial charge in [-0.1, -0.05) is 37.6 Å². The fourth-order valence-corrected chi connectivity index (χ4v) is 3.12. The van der Waals surface area contributed by atoms with E-state index in [9.17, 15) is 0 Å². The fraction of sp³-hybridized carbons (Fsp3) is 0.250. The molecule has 0 aromatic heterocycles. The second-order valence-electron chi connectivity index (χ2n) is 6.32. The molecule has 3 nitrogen and oxygen atoms in total. The number of allylic oxidation sites excluding steroid dienone is 1. The lowest BCUT2D eigenvalue weighted by atomic mass is 9.81. The van der Waals surface area contributed by atoms with Crippen molar-refractivity contribution >= 4 is 34.8 Å². The smallest absolute Gasteiger partial charge is 0.119 e. The van der Waals surface area contributed by atoms with Crippen LogP contribution in [0.1, 0.15) is 25.0 Å². The molecule has 0 radical (unpaired) electrons. The van der Waals surface area contributed by atoms with Gasteiger partial charge in [0.2, 0.25) is 0 Å². The quantitative estimate of drug-likeness (QED) is 0.800. The molecule has 1 heterocycles. The number of nitrogens with one attached hydrogen (secondary N) is 1. The fourth-order valence-electron chi connectivity index (χ4n) is 2.88. The predicted octanol–water partition coefficient (Wildman–Crippen LogP) is 5.47. The Morgan fingerprint density at radius 1 is 1.12 bits per heavy atom. The molecule has 0 unspecified atom stereocenters. The summed E-state index contributed by atoms with van der Waals surface area (Å²) >= 11 is 6.35. The molecule has 0 aliphatic carbocycles. The topological polar surface area (TPSA) is 33.6 Å². The Morgan fingerprint density at radius 3 is 2.58 bits per heavy atom. The zero-order valence-electron chi connectivity index (χ0n) is 14.4. The molecule has 0 saturated carbocycles. The molecular weight excluding hydrogens is 320 g/mol. The summed E-state index contributed by atoms with van der Waals surface area (Å²) in [6.07, 6.45) is 4.07. The summed E-state index contributed by atoms with van der Waals surface area (Å²) < 4.78 is 5.34. The summed E-state index contributed by atoms with van der Waals surface area (Å²) in [5.74, 6) is 0.855. The SMILES string of the molecule is CNc1ccc(/C=C/C2=Nc3ccc(OC)cc3C2(C)C)c(Cl)c1. The standard InChI is InChI=1S/C20H21ClN2O/c1-20(2)16-12-15(24-4)8-9-18(16)23-19(20)10-6-13-5-7-14(22-3)11-17(13)21/h5-12,22H,1-4H3/b10-6+. The molecule has 0 amide bonds. The number of hydrogen-bond acceptors (Lipinski definition) is 3. The van der Waals surface area contributed by atoms with Gasteiger partial charge in [-0.25, -0.2) is 0 Å². The molecule has 0 bridgehead atoms. The van der Waals surface area contributed by atoms with Crippen molar-refractivity contribution in [2.75, 3.05) is 19.5 Å². The Kier molecular flexibility index (Phi) is 4.37. The molecular formula is C20H21ClN2O. The van der Waals surface area contributed by atoms with E-state index in [4.69, 9.17) is 21.3 Å². The van der Waals surface area contributed by atoms with Crippen LogP contribution in [-0.4, -0.2) is 19.9 Å². The Morgan fingerprint density at radius 2 is 1.92 bits per heavy atom. The summed E-state index contributed by atoms with van der Waals surface area (Å²) in [7, 11) is 3.56. The van der Waals surface area contributed by atoms with E-state index >= 15 is 0 Å². The third-order valence-corrected chi connectivity index (χ3v) is 4.80. The number of anilines is 1. The van der Waals surface area contributed by atoms with E-state index in [1.54, 1.807) is 7.11 Å². The number of hydrogen-bond donors (Lipinski definition) is 1. The predicted molar refractivity (Wildman–Crippen MR) is 103 cm³/mol. The minimum atomic E-state index is -0.169. The second-order valence-corrected chi connectivity index (χ2v) is 6.73. The molecule has 0 fully saturated rings. The highest BCUT2D eigenvalue weighted by atomic mass is 35.5. The maximum atomic E-state index is 6.35. The van der Waals surface area contributed by atoms with Crippen LogP contribution in [0.2, 0.25) is 5.02 Å². The second kappa shape index (κ2) is 6.33. The monoisotopic (exact) mass is 340 g/mol. The van der Waals surface area contributed by atoms with Gasteiger partial charge in [0.1, 0.15) is 5.75 Å². The van der Waals surface area contributed by atoms with Crippen molar-refractivity contribution in [3.8, 4) is 5.75 Å². The number of fused-ring (bicyclic) bond motifs is 1. The van der Waals surface area contributed by atoms with E-state index < -0.39 is 0 Å². The number of benzene rings is 2. The van der Waals surface area contributed by atoms with E-state index in [1.165, 1.54) is 5.56 Å². The van der Waals surface area contributed by atoms with Gasteiger partial charge < -0.3 is 10.1 Å². The molecule has 1 N–H and O–H groups in total. The number of methoxy groups -OCH3 is 1. The van der Waals surface area contributed by atoms with E-state index in [0.717, 1.165) is 28.4 Å². The van der Waals surface area contributed by atoms with Crippen LogP contribution in [0, 0.1) is 0 Å². The Balaban J connectivity index is 1.91. The molecule has 24 heavy (non-hydrogen) atoms. The first kappa shape index (κ1) is 16.6. The molecule has 0 spiro atoms. The van der Waals surface area contributed by atoms with Gasteiger partial charge in [-0.2, -0.15) is 0 Å². The van der Waals surface area contributed by atoms with Crippen LogP contribution in [0.15, 0.2) is 47.5 Å². The molecule has 0 atom stereocenters. The van der Waals surface area contributed by atoms with Gasteiger partial charge in [0.25, 0.3) is 0 Å². The lowest BCUT2D eigenvalue weighted by molar-refractivity contribution is 0.414. The maximum absolute atomic E-state index is 6.35. The van der Waals surface area contributed by atoms with Crippen molar-refractivity contribution in [1.29, 1.82) is 0 Å². The third kappa shape index (κ3) is 2.92. The zero-order chi connectivity index (χ0) is 17.3. The molecule has 2 aromatic carbocycles. The van der Waals surface area contributed by atoms with Crippen LogP contribution in [0.25, 0.3) is 6.08 Å². The van der Waals surface area contributed by atoms with Gasteiger partial charge in [-0.3, -0.25) is 4.99 Å². The van der Waals surface area contributed by atoms with Gasteiger partial charge in [0, 0.05) is 23.2 Å². The molecule has 2 aromatic rings. The van der Waals surface area contributed by atoms with Crippen molar-refractivity contribution in [3.05, 3.63) is 58.6 Å². The van der Waals surface area contributed by atoms with Crippen molar-refractivity contribution < 1.29 is 4.74 Å². The largest absolute Gasteiger partial charge is 0.497 e. The van der Waals surface area contributed by atoms with Gasteiger partial charge >= 0.3 is 0 Å². The van der Waals surface area contributed by atoms with E-state index in [2.05, 4.69) is 25.2 Å². The van der Waals surface area contributed by atoms with E-state index in [0.29, 0.717) is 5.02 Å². The normalized spacial score (nSPS) is 15.3. The first-order valence-electron chi connectivity index (χ1n) is 7.89. The Hall–Kier alpha value is -2.26. The summed E-state index contributed by atoms with van der Waals surface area (Å²) in [5.41, 5.74) is 4.99. The number of nitrogens with zero attached hydrogens (tertiary/aromatic N) is 1. The van der Waals surface area contributed by atoms with Crippen molar-refractivity contribution in [3.63, 3.8) is 0 Å². The van der Waals surface area contributed by atoms with Crippen LogP contribution in [-0.2, 0) is 5.41 Å². The van der Waals surface area contributed by atoms with Crippen molar-refractivity contribution in [2.24, 2.45) is 4.99 Å². The third-order valence-electron chi connectivity index (χ3n) is 4.47. The Labute approximate surface area is 148 Å². The summed E-state index contributed by atoms with van der Waals surface area (Å²) in [4.78, 5) is 4.78. The molecule has 0 saturated heterocycles. The number of aliphatic imine (C=N–C) groups is 1. The van der Waals surface area contributed by atoms with Gasteiger partial charge in [0.15, 0.2) is 0 Å².